The minimum absolute atomic E-state index is 0.376. The smallest absolute Gasteiger partial charge is 0.0304 e. The maximum atomic E-state index is 5.55. The number of nitrogens with two attached hydrogens (primary N) is 1. The second-order valence-corrected chi connectivity index (χ2v) is 5.30. The number of unbranched alkanes of at least 4 members (excludes halogenated alkanes) is 1. The number of aryl methyl sites for hydroxylation is 1. The van der Waals surface area contributed by atoms with Gasteiger partial charge in [0, 0.05) is 16.7 Å². The molecule has 0 aromatic heterocycles. The van der Waals surface area contributed by atoms with Crippen molar-refractivity contribution in [2.24, 2.45) is 5.84 Å². The Bertz CT molecular complexity index is 321. The molecule has 3 heteroatoms. The number of allylic oxidation sites excluding steroid dienone is 1. The van der Waals surface area contributed by atoms with Gasteiger partial charge in [-0.25, -0.2) is 0 Å². The molecular formula is C14H22N2S. The van der Waals surface area contributed by atoms with Gasteiger partial charge in [-0.1, -0.05) is 23.8 Å². The first-order chi connectivity index (χ1) is 8.26. The van der Waals surface area contributed by atoms with Gasteiger partial charge in [0.15, 0.2) is 0 Å². The molecular weight excluding hydrogens is 228 g/mol. The van der Waals surface area contributed by atoms with Crippen molar-refractivity contribution in [3.63, 3.8) is 0 Å². The summed E-state index contributed by atoms with van der Waals surface area (Å²) in [5.41, 5.74) is 4.19. The lowest BCUT2D eigenvalue weighted by Gasteiger charge is -2.14. The molecule has 0 aliphatic rings. The second-order valence-electron chi connectivity index (χ2n) is 4.21. The van der Waals surface area contributed by atoms with Crippen LogP contribution in [0.25, 0.3) is 0 Å². The second kappa shape index (κ2) is 8.34. The number of thioether (sulfide) groups is 1. The van der Waals surface area contributed by atoms with Crippen LogP contribution in [0.5, 0.6) is 0 Å². The molecule has 0 radical (unpaired) electrons. The molecule has 0 saturated heterocycles. The number of hydrogen-bond acceptors (Lipinski definition) is 3. The summed E-state index contributed by atoms with van der Waals surface area (Å²) in [7, 11) is 0. The number of hydrogen-bond donors (Lipinski definition) is 2. The van der Waals surface area contributed by atoms with E-state index in [1.54, 1.807) is 0 Å². The monoisotopic (exact) mass is 250 g/mol. The maximum absolute atomic E-state index is 5.55. The average molecular weight is 250 g/mol. The number of benzene rings is 1. The van der Waals surface area contributed by atoms with Crippen LogP contribution in [0.1, 0.15) is 24.8 Å². The van der Waals surface area contributed by atoms with E-state index in [4.69, 9.17) is 5.84 Å². The Balaban J connectivity index is 2.31. The first kappa shape index (κ1) is 14.3. The van der Waals surface area contributed by atoms with Crippen LogP contribution in [-0.4, -0.2) is 11.8 Å². The van der Waals surface area contributed by atoms with Gasteiger partial charge in [0.25, 0.3) is 0 Å². The Hall–Kier alpha value is -0.770. The topological polar surface area (TPSA) is 38.0 Å². The van der Waals surface area contributed by atoms with E-state index >= 15 is 0 Å². The minimum atomic E-state index is 0.376. The van der Waals surface area contributed by atoms with Gasteiger partial charge >= 0.3 is 0 Å². The zero-order chi connectivity index (χ0) is 12.5. The van der Waals surface area contributed by atoms with Crippen molar-refractivity contribution in [3.8, 4) is 0 Å². The summed E-state index contributed by atoms with van der Waals surface area (Å²) < 4.78 is 0. The normalized spacial score (nSPS) is 12.4. The SMILES string of the molecule is C=CCCCC(CSc1ccc(C)cc1)NN. The van der Waals surface area contributed by atoms with Gasteiger partial charge < -0.3 is 0 Å². The summed E-state index contributed by atoms with van der Waals surface area (Å²) >= 11 is 1.85. The molecule has 1 rings (SSSR count). The average Bonchev–Trinajstić information content (AvgIpc) is 2.35. The van der Waals surface area contributed by atoms with Gasteiger partial charge in [-0.15, -0.1) is 18.3 Å². The Morgan fingerprint density at radius 1 is 1.41 bits per heavy atom. The van der Waals surface area contributed by atoms with Crippen LogP contribution in [0.3, 0.4) is 0 Å². The van der Waals surface area contributed by atoms with Gasteiger partial charge in [0.1, 0.15) is 0 Å². The van der Waals surface area contributed by atoms with Crippen LogP contribution in [-0.2, 0) is 0 Å². The molecule has 94 valence electrons. The molecule has 0 bridgehead atoms. The number of rotatable bonds is 8. The molecule has 0 amide bonds. The highest BCUT2D eigenvalue weighted by molar-refractivity contribution is 7.99. The third-order valence-electron chi connectivity index (χ3n) is 2.67. The molecule has 0 heterocycles. The van der Waals surface area contributed by atoms with Crippen LogP contribution < -0.4 is 11.3 Å². The van der Waals surface area contributed by atoms with E-state index in [1.165, 1.54) is 10.5 Å². The Labute approximate surface area is 109 Å². The molecule has 0 saturated carbocycles. The van der Waals surface area contributed by atoms with E-state index in [0.717, 1.165) is 25.0 Å². The van der Waals surface area contributed by atoms with Crippen LogP contribution in [0.2, 0.25) is 0 Å². The predicted octanol–water partition coefficient (Wildman–Crippen LogP) is 3.28. The van der Waals surface area contributed by atoms with Crippen molar-refractivity contribution in [1.29, 1.82) is 0 Å². The molecule has 0 aliphatic heterocycles. The fourth-order valence-electron chi connectivity index (χ4n) is 1.55. The van der Waals surface area contributed by atoms with Crippen molar-refractivity contribution < 1.29 is 0 Å². The van der Waals surface area contributed by atoms with E-state index in [1.807, 2.05) is 17.8 Å². The lowest BCUT2D eigenvalue weighted by atomic mass is 10.1. The summed E-state index contributed by atoms with van der Waals surface area (Å²) in [6, 6.07) is 8.99. The lowest BCUT2D eigenvalue weighted by Crippen LogP contribution is -2.36. The molecule has 2 nitrogen and oxygen atoms in total. The van der Waals surface area contributed by atoms with Crippen molar-refractivity contribution in [2.45, 2.75) is 37.1 Å². The van der Waals surface area contributed by atoms with Gasteiger partial charge in [-0.2, -0.15) is 0 Å². The van der Waals surface area contributed by atoms with Gasteiger partial charge in [-0.05, 0) is 38.3 Å². The van der Waals surface area contributed by atoms with Crippen LogP contribution >= 0.6 is 11.8 Å². The van der Waals surface area contributed by atoms with Crippen molar-refractivity contribution in [1.82, 2.24) is 5.43 Å². The van der Waals surface area contributed by atoms with Crippen LogP contribution in [0.4, 0.5) is 0 Å². The van der Waals surface area contributed by atoms with Crippen molar-refractivity contribution >= 4 is 11.8 Å². The highest BCUT2D eigenvalue weighted by Gasteiger charge is 2.06. The fraction of sp³-hybridized carbons (Fsp3) is 0.429. The Kier molecular flexibility index (Phi) is 7.01. The van der Waals surface area contributed by atoms with Gasteiger partial charge in [0.2, 0.25) is 0 Å². The number of nitrogens with one attached hydrogen (secondary N) is 1. The van der Waals surface area contributed by atoms with Crippen LogP contribution in [0.15, 0.2) is 41.8 Å². The van der Waals surface area contributed by atoms with Gasteiger partial charge in [-0.3, -0.25) is 11.3 Å². The zero-order valence-corrected chi connectivity index (χ0v) is 11.3. The Morgan fingerprint density at radius 3 is 2.71 bits per heavy atom. The van der Waals surface area contributed by atoms with E-state index < -0.39 is 0 Å². The predicted molar refractivity (Wildman–Crippen MR) is 77.1 cm³/mol. The summed E-state index contributed by atoms with van der Waals surface area (Å²) in [6.45, 7) is 5.83. The molecule has 1 unspecified atom stereocenters. The van der Waals surface area contributed by atoms with E-state index in [9.17, 15) is 0 Å². The zero-order valence-electron chi connectivity index (χ0n) is 10.5. The van der Waals surface area contributed by atoms with Gasteiger partial charge in [0.05, 0.1) is 0 Å². The molecule has 17 heavy (non-hydrogen) atoms. The third kappa shape index (κ3) is 5.91. The van der Waals surface area contributed by atoms with Crippen molar-refractivity contribution in [3.05, 3.63) is 42.5 Å². The molecule has 3 N–H and O–H groups in total. The summed E-state index contributed by atoms with van der Waals surface area (Å²) in [5.74, 6) is 6.56. The highest BCUT2D eigenvalue weighted by Crippen LogP contribution is 2.20. The first-order valence-corrected chi connectivity index (χ1v) is 7.01. The highest BCUT2D eigenvalue weighted by atomic mass is 32.2. The van der Waals surface area contributed by atoms with E-state index in [2.05, 4.69) is 43.2 Å². The minimum Gasteiger partial charge on any atom is -0.271 e. The summed E-state index contributed by atoms with van der Waals surface area (Å²) in [6.07, 6.45) is 5.27. The summed E-state index contributed by atoms with van der Waals surface area (Å²) in [5, 5.41) is 0. The quantitative estimate of drug-likeness (QED) is 0.244. The maximum Gasteiger partial charge on any atom is 0.0304 e. The molecule has 1 atom stereocenters. The molecule has 0 spiro atoms. The van der Waals surface area contributed by atoms with E-state index in [-0.39, 0.29) is 0 Å². The number of hydrazine groups is 1. The lowest BCUT2D eigenvalue weighted by molar-refractivity contribution is 0.522. The van der Waals surface area contributed by atoms with Crippen molar-refractivity contribution in [2.75, 3.05) is 5.75 Å². The molecule has 0 aliphatic carbocycles. The molecule has 0 fully saturated rings. The standard InChI is InChI=1S/C14H22N2S/c1-3-4-5-6-13(16-15)11-17-14-9-7-12(2)8-10-14/h3,7-10,13,16H,1,4-6,11,15H2,2H3. The fourth-order valence-corrected chi connectivity index (χ4v) is 2.54. The first-order valence-electron chi connectivity index (χ1n) is 6.02. The largest absolute Gasteiger partial charge is 0.271 e. The van der Waals surface area contributed by atoms with E-state index in [0.29, 0.717) is 6.04 Å². The third-order valence-corrected chi connectivity index (χ3v) is 3.84. The molecule has 1 aromatic carbocycles. The summed E-state index contributed by atoms with van der Waals surface area (Å²) in [4.78, 5) is 1.31. The molecule has 1 aromatic rings. The Morgan fingerprint density at radius 2 is 2.12 bits per heavy atom. The van der Waals surface area contributed by atoms with Crippen LogP contribution in [0, 0.1) is 6.92 Å².